The minimum absolute atomic E-state index is 0.184. The second kappa shape index (κ2) is 5.85. The van der Waals surface area contributed by atoms with Gasteiger partial charge in [0, 0.05) is 6.04 Å². The van der Waals surface area contributed by atoms with Gasteiger partial charge in [-0.2, -0.15) is 0 Å². The summed E-state index contributed by atoms with van der Waals surface area (Å²) in [6, 6.07) is 10.3. The van der Waals surface area contributed by atoms with Gasteiger partial charge in [0.2, 0.25) is 0 Å². The van der Waals surface area contributed by atoms with E-state index < -0.39 is 5.60 Å². The van der Waals surface area contributed by atoms with Gasteiger partial charge in [-0.1, -0.05) is 50.6 Å². The summed E-state index contributed by atoms with van der Waals surface area (Å²) in [6.07, 6.45) is 4.29. The minimum atomic E-state index is -0.727. The molecule has 3 atom stereocenters. The Morgan fingerprint density at radius 2 is 2.00 bits per heavy atom. The molecule has 18 heavy (non-hydrogen) atoms. The van der Waals surface area contributed by atoms with Crippen LogP contribution in [0.2, 0.25) is 0 Å². The zero-order valence-electron chi connectivity index (χ0n) is 11.5. The van der Waals surface area contributed by atoms with E-state index in [1.807, 2.05) is 30.3 Å². The molecule has 1 saturated heterocycles. The van der Waals surface area contributed by atoms with Gasteiger partial charge in [-0.3, -0.25) is 0 Å². The molecule has 1 aliphatic rings. The first-order chi connectivity index (χ1) is 8.70. The van der Waals surface area contributed by atoms with E-state index in [-0.39, 0.29) is 6.04 Å². The van der Waals surface area contributed by atoms with Crippen molar-refractivity contribution in [3.8, 4) is 0 Å². The summed E-state index contributed by atoms with van der Waals surface area (Å²) in [7, 11) is 0. The second-order valence-electron chi connectivity index (χ2n) is 5.45. The molecule has 0 spiro atoms. The maximum atomic E-state index is 11.1. The lowest BCUT2D eigenvalue weighted by Crippen LogP contribution is -2.52. The van der Waals surface area contributed by atoms with Crippen LogP contribution in [-0.2, 0) is 5.60 Å². The van der Waals surface area contributed by atoms with Crippen molar-refractivity contribution in [1.82, 2.24) is 5.32 Å². The van der Waals surface area contributed by atoms with E-state index in [4.69, 9.17) is 0 Å². The number of nitrogens with one attached hydrogen (secondary N) is 1. The summed E-state index contributed by atoms with van der Waals surface area (Å²) in [4.78, 5) is 0. The molecule has 0 amide bonds. The molecule has 0 radical (unpaired) electrons. The molecule has 0 saturated carbocycles. The number of rotatable bonds is 4. The number of piperidine rings is 1. The predicted molar refractivity (Wildman–Crippen MR) is 75.4 cm³/mol. The van der Waals surface area contributed by atoms with Gasteiger partial charge >= 0.3 is 0 Å². The van der Waals surface area contributed by atoms with Gasteiger partial charge in [-0.15, -0.1) is 0 Å². The third kappa shape index (κ3) is 2.60. The zero-order chi connectivity index (χ0) is 13.0. The fourth-order valence-electron chi connectivity index (χ4n) is 3.11. The summed E-state index contributed by atoms with van der Waals surface area (Å²) in [5.74, 6) is 0.748. The van der Waals surface area contributed by atoms with Crippen LogP contribution in [0, 0.1) is 5.92 Å². The van der Waals surface area contributed by atoms with Crippen molar-refractivity contribution in [2.45, 2.75) is 51.2 Å². The molecule has 2 heteroatoms. The maximum Gasteiger partial charge on any atom is 0.105 e. The van der Waals surface area contributed by atoms with Gasteiger partial charge in [0.15, 0.2) is 0 Å². The van der Waals surface area contributed by atoms with Crippen molar-refractivity contribution < 1.29 is 5.11 Å². The molecule has 1 aromatic rings. The maximum absolute atomic E-state index is 11.1. The molecule has 0 bridgehead atoms. The lowest BCUT2D eigenvalue weighted by Gasteiger charge is -2.41. The van der Waals surface area contributed by atoms with E-state index in [1.54, 1.807) is 0 Å². The summed E-state index contributed by atoms with van der Waals surface area (Å²) in [6.45, 7) is 5.35. The average Bonchev–Trinajstić information content (AvgIpc) is 2.47. The molecule has 0 aromatic heterocycles. The SMILES string of the molecule is CCC1CCNC(C(O)(CC)c2ccccc2)C1. The predicted octanol–water partition coefficient (Wildman–Crippen LogP) is 3.06. The van der Waals surface area contributed by atoms with E-state index in [2.05, 4.69) is 19.2 Å². The van der Waals surface area contributed by atoms with E-state index in [1.165, 1.54) is 12.8 Å². The van der Waals surface area contributed by atoms with Gasteiger partial charge in [0.1, 0.15) is 5.60 Å². The Morgan fingerprint density at radius 1 is 1.28 bits per heavy atom. The van der Waals surface area contributed by atoms with Crippen LogP contribution in [-0.4, -0.2) is 17.7 Å². The van der Waals surface area contributed by atoms with Crippen LogP contribution in [0.15, 0.2) is 30.3 Å². The van der Waals surface area contributed by atoms with Crippen molar-refractivity contribution >= 4 is 0 Å². The van der Waals surface area contributed by atoms with Gasteiger partial charge in [0.05, 0.1) is 0 Å². The summed E-state index contributed by atoms with van der Waals surface area (Å²) >= 11 is 0. The van der Waals surface area contributed by atoms with Gasteiger partial charge in [0.25, 0.3) is 0 Å². The molecule has 1 aromatic carbocycles. The first kappa shape index (κ1) is 13.6. The third-order valence-corrected chi connectivity index (χ3v) is 4.48. The highest BCUT2D eigenvalue weighted by Gasteiger charge is 2.39. The van der Waals surface area contributed by atoms with E-state index in [9.17, 15) is 5.11 Å². The fourth-order valence-corrected chi connectivity index (χ4v) is 3.11. The monoisotopic (exact) mass is 247 g/mol. The molecule has 2 rings (SSSR count). The zero-order valence-corrected chi connectivity index (χ0v) is 11.5. The molecule has 2 N–H and O–H groups in total. The minimum Gasteiger partial charge on any atom is -0.384 e. The Morgan fingerprint density at radius 3 is 2.61 bits per heavy atom. The normalized spacial score (nSPS) is 27.7. The van der Waals surface area contributed by atoms with E-state index in [0.29, 0.717) is 0 Å². The lowest BCUT2D eigenvalue weighted by molar-refractivity contribution is -0.0236. The Labute approximate surface area is 110 Å². The number of hydrogen-bond acceptors (Lipinski definition) is 2. The first-order valence-corrected chi connectivity index (χ1v) is 7.22. The van der Waals surface area contributed by atoms with Gasteiger partial charge in [-0.25, -0.2) is 0 Å². The van der Waals surface area contributed by atoms with Crippen LogP contribution in [0.4, 0.5) is 0 Å². The highest BCUT2D eigenvalue weighted by molar-refractivity contribution is 5.24. The molecule has 1 fully saturated rings. The van der Waals surface area contributed by atoms with Crippen molar-refractivity contribution in [2.24, 2.45) is 5.92 Å². The van der Waals surface area contributed by atoms with Crippen molar-refractivity contribution in [2.75, 3.05) is 6.54 Å². The van der Waals surface area contributed by atoms with Crippen molar-refractivity contribution in [3.05, 3.63) is 35.9 Å². The lowest BCUT2D eigenvalue weighted by atomic mass is 9.77. The van der Waals surface area contributed by atoms with Crippen molar-refractivity contribution in [1.29, 1.82) is 0 Å². The van der Waals surface area contributed by atoms with Gasteiger partial charge < -0.3 is 10.4 Å². The number of hydrogen-bond donors (Lipinski definition) is 2. The molecule has 1 aliphatic heterocycles. The summed E-state index contributed by atoms with van der Waals surface area (Å²) in [5, 5.41) is 14.6. The highest BCUT2D eigenvalue weighted by Crippen LogP contribution is 2.34. The number of benzene rings is 1. The van der Waals surface area contributed by atoms with Crippen LogP contribution in [0.25, 0.3) is 0 Å². The highest BCUT2D eigenvalue weighted by atomic mass is 16.3. The van der Waals surface area contributed by atoms with E-state index >= 15 is 0 Å². The summed E-state index contributed by atoms with van der Waals surface area (Å²) in [5.41, 5.74) is 0.316. The fraction of sp³-hybridized carbons (Fsp3) is 0.625. The molecule has 2 nitrogen and oxygen atoms in total. The van der Waals surface area contributed by atoms with Gasteiger partial charge in [-0.05, 0) is 37.3 Å². The average molecular weight is 247 g/mol. The molecule has 3 unspecified atom stereocenters. The second-order valence-corrected chi connectivity index (χ2v) is 5.45. The summed E-state index contributed by atoms with van der Waals surface area (Å²) < 4.78 is 0. The molecule has 0 aliphatic carbocycles. The molecular weight excluding hydrogens is 222 g/mol. The van der Waals surface area contributed by atoms with E-state index in [0.717, 1.165) is 30.9 Å². The Hall–Kier alpha value is -0.860. The molecular formula is C16H25NO. The third-order valence-electron chi connectivity index (χ3n) is 4.48. The molecule has 100 valence electrons. The van der Waals surface area contributed by atoms with Crippen LogP contribution in [0.3, 0.4) is 0 Å². The van der Waals surface area contributed by atoms with Crippen LogP contribution in [0.5, 0.6) is 0 Å². The van der Waals surface area contributed by atoms with Crippen LogP contribution in [0.1, 0.15) is 45.1 Å². The largest absolute Gasteiger partial charge is 0.384 e. The van der Waals surface area contributed by atoms with Crippen molar-refractivity contribution in [3.63, 3.8) is 0 Å². The number of aliphatic hydroxyl groups is 1. The quantitative estimate of drug-likeness (QED) is 0.857. The molecule has 1 heterocycles. The van der Waals surface area contributed by atoms with Crippen LogP contribution >= 0.6 is 0 Å². The smallest absolute Gasteiger partial charge is 0.105 e. The first-order valence-electron chi connectivity index (χ1n) is 7.22. The Balaban J connectivity index is 2.21. The standard InChI is InChI=1S/C16H25NO/c1-3-13-10-11-17-15(12-13)16(18,4-2)14-8-6-5-7-9-14/h5-9,13,15,17-18H,3-4,10-12H2,1-2H3. The Kier molecular flexibility index (Phi) is 4.41. The Bertz CT molecular complexity index is 365. The topological polar surface area (TPSA) is 32.3 Å². The van der Waals surface area contributed by atoms with Crippen LogP contribution < -0.4 is 5.32 Å².